The van der Waals surface area contributed by atoms with Gasteiger partial charge in [0.15, 0.2) is 32.0 Å². The van der Waals surface area contributed by atoms with Gasteiger partial charge in [0.05, 0.1) is 65.0 Å². The molecular formula is C29H30N8O22S7. The summed E-state index contributed by atoms with van der Waals surface area (Å²) in [6.07, 6.45) is 0. The van der Waals surface area contributed by atoms with Gasteiger partial charge < -0.3 is 16.2 Å². The lowest BCUT2D eigenvalue weighted by Crippen LogP contribution is -2.16. The quantitative estimate of drug-likeness (QED) is 0.00878. The number of nitrogens with zero attached hydrogens (tertiary/aromatic N) is 6. The van der Waals surface area contributed by atoms with Crippen LogP contribution in [0.15, 0.2) is 116 Å². The molecular weight excluding hydrogens is 1040 g/mol. The predicted octanol–water partition coefficient (Wildman–Crippen LogP) is 5.40. The molecule has 4 aromatic carbocycles. The third-order valence-corrected chi connectivity index (χ3v) is 14.2. The lowest BCUT2D eigenvalue weighted by atomic mass is 10.2. The van der Waals surface area contributed by atoms with Gasteiger partial charge in [-0.1, -0.05) is 10.1 Å². The van der Waals surface area contributed by atoms with Crippen LogP contribution in [0.3, 0.4) is 0 Å². The minimum Gasteiger partial charge on any atom is -0.494 e. The maximum atomic E-state index is 12.9. The average molecular weight is 1070 g/mol. The fourth-order valence-electron chi connectivity index (χ4n) is 4.77. The molecule has 30 nitrogen and oxygen atoms in total. The number of nitrogen functional groups attached to an aromatic ring is 2. The Morgan fingerprint density at radius 1 is 0.576 bits per heavy atom. The lowest BCUT2D eigenvalue weighted by Gasteiger charge is -2.11. The summed E-state index contributed by atoms with van der Waals surface area (Å²) >= 11 is 0.618. The Labute approximate surface area is 381 Å². The first-order chi connectivity index (χ1) is 30.8. The number of sulfone groups is 2. The second-order valence-electron chi connectivity index (χ2n) is 11.9. The van der Waals surface area contributed by atoms with Gasteiger partial charge in [-0.15, -0.1) is 39.4 Å². The summed E-state index contributed by atoms with van der Waals surface area (Å²) in [7, 11) is -23.2. The first kappa shape index (κ1) is 53.7. The maximum Gasteiger partial charge on any atom is 0.397 e. The van der Waals surface area contributed by atoms with Gasteiger partial charge in [-0.3, -0.25) is 17.8 Å². The van der Waals surface area contributed by atoms with Crippen molar-refractivity contribution in [1.29, 1.82) is 0 Å². The monoisotopic (exact) mass is 1070 g/mol. The molecule has 0 aromatic heterocycles. The second-order valence-corrected chi connectivity index (χ2v) is 21.3. The van der Waals surface area contributed by atoms with E-state index in [0.717, 1.165) is 30.3 Å². The molecule has 0 heterocycles. The van der Waals surface area contributed by atoms with Gasteiger partial charge in [-0.05, 0) is 60.7 Å². The van der Waals surface area contributed by atoms with Crippen LogP contribution in [0.25, 0.3) is 0 Å². The van der Waals surface area contributed by atoms with Crippen molar-refractivity contribution in [3.05, 3.63) is 60.7 Å². The third kappa shape index (κ3) is 15.1. The fourth-order valence-corrected chi connectivity index (χ4v) is 9.55. The van der Waals surface area contributed by atoms with Crippen molar-refractivity contribution in [3.63, 3.8) is 0 Å². The molecule has 0 fully saturated rings. The Bertz CT molecular complexity index is 3100. The molecule has 360 valence electrons. The van der Waals surface area contributed by atoms with Crippen LogP contribution in [0.2, 0.25) is 0 Å². The van der Waals surface area contributed by atoms with E-state index in [1.807, 2.05) is 0 Å². The van der Waals surface area contributed by atoms with E-state index in [0.29, 0.717) is 24.2 Å². The lowest BCUT2D eigenvalue weighted by molar-refractivity contribution is -0.434. The summed E-state index contributed by atoms with van der Waals surface area (Å²) in [5.41, 5.74) is 8.83. The van der Waals surface area contributed by atoms with Crippen LogP contribution in [0.5, 0.6) is 5.75 Å². The van der Waals surface area contributed by atoms with Gasteiger partial charge >= 0.3 is 10.4 Å². The van der Waals surface area contributed by atoms with Crippen LogP contribution in [0.1, 0.15) is 0 Å². The zero-order valence-corrected chi connectivity index (χ0v) is 38.2. The number of rotatable bonds is 24. The second kappa shape index (κ2) is 22.7. The topological polar surface area (TPSA) is 463 Å². The van der Waals surface area contributed by atoms with Crippen LogP contribution in [0.4, 0.5) is 45.5 Å². The van der Waals surface area contributed by atoms with E-state index in [-0.39, 0.29) is 34.3 Å². The van der Waals surface area contributed by atoms with Gasteiger partial charge in [0, 0.05) is 4.90 Å². The Hall–Kier alpha value is -4.91. The van der Waals surface area contributed by atoms with E-state index in [2.05, 4.69) is 53.6 Å². The van der Waals surface area contributed by atoms with Gasteiger partial charge in [0.1, 0.15) is 49.7 Å². The SMILES string of the molecule is COc1ccc(SOOO)cc1/N=N/c1cc(/N=N/c2ccc(S(=O)(=O)CCOSOOO)cc2S(=O)(=O)O)c(N)c(/N=N/c2ccc(S(=O)(=O)CCOS(=O)(=O)O)cc2S(=O)(=O)O)c1N. The summed E-state index contributed by atoms with van der Waals surface area (Å²) in [5.74, 6) is -1.73. The van der Waals surface area contributed by atoms with Crippen molar-refractivity contribution in [2.45, 2.75) is 24.5 Å². The predicted molar refractivity (Wildman–Crippen MR) is 224 cm³/mol. The zero-order valence-electron chi connectivity index (χ0n) is 32.5. The van der Waals surface area contributed by atoms with Gasteiger partial charge in [0.25, 0.3) is 20.2 Å². The number of hydrogen-bond acceptors (Lipinski definition) is 29. The standard InChI is InChI=1S/C29H30N8O22S7/c1-53-24-7-2-16(60-58-56-38)12-21(24)34-36-23-15-22(35-32-19-5-3-17(13-25(19)64(44,45)46)62(40,41)10-8-54-61-59-57-39)27(30)29(28(23)31)37-33-20-6-4-18(14-26(20)65(47,48)49)63(42,43)11-9-55-66(50,51)52/h2-7,12-15,38-39H,8-11,30-31H2,1H3,(H,44,45,46)(H,47,48,49)(H,50,51,52)/b35-32+,36-34+,37-33+. The number of anilines is 2. The number of methoxy groups -OCH3 is 1. The van der Waals surface area contributed by atoms with E-state index in [1.54, 1.807) is 0 Å². The Morgan fingerprint density at radius 3 is 1.55 bits per heavy atom. The van der Waals surface area contributed by atoms with Crippen molar-refractivity contribution >= 4 is 120 Å². The van der Waals surface area contributed by atoms with Crippen LogP contribution in [0, 0.1) is 0 Å². The Kier molecular flexibility index (Phi) is 18.5. The minimum atomic E-state index is -5.32. The first-order valence-corrected chi connectivity index (χ1v) is 25.6. The van der Waals surface area contributed by atoms with E-state index in [1.165, 1.54) is 25.3 Å². The summed E-state index contributed by atoms with van der Waals surface area (Å²) in [4.78, 5) is -3.35. The zero-order chi connectivity index (χ0) is 49.1. The summed E-state index contributed by atoms with van der Waals surface area (Å²) < 4.78 is 174. The highest BCUT2D eigenvalue weighted by atomic mass is 32.3. The van der Waals surface area contributed by atoms with E-state index in [4.69, 9.17) is 35.5 Å². The smallest absolute Gasteiger partial charge is 0.397 e. The molecule has 0 bridgehead atoms. The van der Waals surface area contributed by atoms with Crippen LogP contribution in [-0.2, 0) is 77.4 Å². The highest BCUT2D eigenvalue weighted by molar-refractivity contribution is 7.94. The maximum absolute atomic E-state index is 12.9. The van der Waals surface area contributed by atoms with Crippen LogP contribution < -0.4 is 16.2 Å². The van der Waals surface area contributed by atoms with Crippen molar-refractivity contribution in [3.8, 4) is 5.75 Å². The number of hydrogen-bond donors (Lipinski definition) is 7. The number of benzene rings is 4. The molecule has 4 aromatic rings. The van der Waals surface area contributed by atoms with E-state index >= 15 is 0 Å². The van der Waals surface area contributed by atoms with Gasteiger partial charge in [-0.25, -0.2) is 31.5 Å². The highest BCUT2D eigenvalue weighted by Crippen LogP contribution is 2.46. The molecule has 66 heavy (non-hydrogen) atoms. The first-order valence-electron chi connectivity index (χ1n) is 16.7. The molecule has 0 saturated carbocycles. The Morgan fingerprint density at radius 2 is 1.06 bits per heavy atom. The molecule has 9 N–H and O–H groups in total. The third-order valence-electron chi connectivity index (χ3n) is 7.70. The molecule has 0 radical (unpaired) electrons. The van der Waals surface area contributed by atoms with E-state index in [9.17, 15) is 51.2 Å². The molecule has 0 unspecified atom stereocenters. The number of azo groups is 3. The van der Waals surface area contributed by atoms with Crippen molar-refractivity contribution < 1.29 is 98.1 Å². The molecule has 0 aliphatic heterocycles. The normalized spacial score (nSPS) is 13.1. The summed E-state index contributed by atoms with van der Waals surface area (Å²) in [6, 6.07) is 9.55. The molecule has 0 spiro atoms. The van der Waals surface area contributed by atoms with Gasteiger partial charge in [-0.2, -0.15) is 25.3 Å². The van der Waals surface area contributed by atoms with Crippen molar-refractivity contribution in [1.82, 2.24) is 0 Å². The molecule has 0 amide bonds. The highest BCUT2D eigenvalue weighted by Gasteiger charge is 2.25. The largest absolute Gasteiger partial charge is 0.494 e. The molecule has 0 atom stereocenters. The number of nitrogens with two attached hydrogens (primary N) is 2. The fraction of sp³-hybridized carbons (Fsp3) is 0.172. The number of ether oxygens (including phenoxy) is 1. The molecule has 0 saturated heterocycles. The van der Waals surface area contributed by atoms with Crippen molar-refractivity contribution in [2.75, 3.05) is 43.3 Å². The minimum absolute atomic E-state index is 0.00494. The average Bonchev–Trinajstić information content (AvgIpc) is 3.23. The summed E-state index contributed by atoms with van der Waals surface area (Å²) in [6.45, 7) is -1.64. The molecule has 0 aliphatic carbocycles. The molecule has 4 rings (SSSR count). The summed E-state index contributed by atoms with van der Waals surface area (Å²) in [5, 5.41) is 47.1. The van der Waals surface area contributed by atoms with Crippen LogP contribution in [-0.4, -0.2) is 98.1 Å². The van der Waals surface area contributed by atoms with E-state index < -0.39 is 129 Å². The molecule has 37 heteroatoms. The molecule has 0 aliphatic rings. The van der Waals surface area contributed by atoms with Crippen LogP contribution >= 0.6 is 24.4 Å². The van der Waals surface area contributed by atoms with Gasteiger partial charge in [0.2, 0.25) is 0 Å². The Balaban J connectivity index is 1.89. The van der Waals surface area contributed by atoms with Crippen molar-refractivity contribution in [2.24, 2.45) is 30.7 Å².